The van der Waals surface area contributed by atoms with Crippen molar-refractivity contribution in [2.75, 3.05) is 25.6 Å². The summed E-state index contributed by atoms with van der Waals surface area (Å²) in [6.07, 6.45) is 8.27. The van der Waals surface area contributed by atoms with E-state index in [4.69, 9.17) is 4.74 Å². The van der Waals surface area contributed by atoms with E-state index in [1.165, 1.54) is 13.1 Å². The fraction of sp³-hybridized carbons (Fsp3) is 0.500. The van der Waals surface area contributed by atoms with E-state index in [1.807, 2.05) is 26.1 Å². The van der Waals surface area contributed by atoms with Crippen LogP contribution in [0.4, 0.5) is 14.6 Å². The quantitative estimate of drug-likeness (QED) is 0.375. The second-order valence-electron chi connectivity index (χ2n) is 7.91. The zero-order valence-electron chi connectivity index (χ0n) is 20.6. The van der Waals surface area contributed by atoms with Crippen LogP contribution in [0.25, 0.3) is 12.3 Å². The number of halogens is 2. The Morgan fingerprint density at radius 3 is 2.59 bits per heavy atom. The summed E-state index contributed by atoms with van der Waals surface area (Å²) in [5.74, 6) is 1.60. The van der Waals surface area contributed by atoms with Gasteiger partial charge in [-0.3, -0.25) is 11.8 Å². The van der Waals surface area contributed by atoms with Crippen LogP contribution in [-0.4, -0.2) is 52.2 Å². The molecule has 2 aromatic heterocycles. The molecule has 0 fully saturated rings. The van der Waals surface area contributed by atoms with Crippen molar-refractivity contribution >= 4 is 23.9 Å². The van der Waals surface area contributed by atoms with Crippen LogP contribution in [0.15, 0.2) is 24.5 Å². The van der Waals surface area contributed by atoms with Crippen LogP contribution in [-0.2, 0) is 10.8 Å². The van der Waals surface area contributed by atoms with E-state index >= 15 is 0 Å². The fourth-order valence-corrected chi connectivity index (χ4v) is 3.32. The molecule has 0 saturated heterocycles. The molecule has 10 heteroatoms. The number of alkyl halides is 2. The molecular weight excluding hydrogens is 666 g/mol. The smallest absolute Gasteiger partial charge is 0.343 e. The van der Waals surface area contributed by atoms with Crippen LogP contribution in [0.3, 0.4) is 0 Å². The minimum atomic E-state index is -3.04. The number of ether oxygens (including phenoxy) is 1. The van der Waals surface area contributed by atoms with Crippen LogP contribution in [0.5, 0.6) is 5.75 Å². The monoisotopic (exact) mass is 700 g/mol. The summed E-state index contributed by atoms with van der Waals surface area (Å²) in [6, 6.07) is 0.231. The number of hydrogen-bond donors (Lipinski definition) is 0. The number of pyridine rings is 1. The van der Waals surface area contributed by atoms with Gasteiger partial charge in [0, 0.05) is 68.6 Å². The van der Waals surface area contributed by atoms with Gasteiger partial charge in [0.15, 0.2) is 11.5 Å². The molecule has 0 N–H and O–H groups in total. The molecule has 0 aliphatic carbocycles. The van der Waals surface area contributed by atoms with Gasteiger partial charge in [0.05, 0.1) is 18.2 Å². The molecule has 3 rings (SSSR count). The standard InChI is InChI=1S/C14H19F2N3O.C10H15N2O.U/c1-4-6-13(20)12-7-11-10(9-18(12)3)8-17-19(11)14(15,16)5-2;1-4-8-13-9-6-5-7-11-10(9)12(2)3;/h7-9,12H,4-6H2,1-3H3;5-7H,2,4,8H2,1,3H3;/q;-1;. The molecule has 0 amide bonds. The molecular formula is C24H34F2N5O2U-. The largest absolute Gasteiger partial charge is 0.509 e. The topological polar surface area (TPSA) is 63.5 Å². The average Bonchev–Trinajstić information content (AvgIpc) is 3.21. The summed E-state index contributed by atoms with van der Waals surface area (Å²) >= 11 is 0. The molecule has 1 unspecified atom stereocenters. The zero-order valence-corrected chi connectivity index (χ0v) is 24.8. The van der Waals surface area contributed by atoms with Gasteiger partial charge in [0.25, 0.3) is 0 Å². The SMILES string of the molecule is CCCC(=O)C1C=c2c(cnn2C(F)(F)CC)=CN1C.[CH2-]N(C)c1ncccc1OCCC.[U]. The Morgan fingerprint density at radius 2 is 2.00 bits per heavy atom. The van der Waals surface area contributed by atoms with E-state index in [2.05, 4.69) is 24.1 Å². The third kappa shape index (κ3) is 7.54. The summed E-state index contributed by atoms with van der Waals surface area (Å²) in [5.41, 5.74) is 0. The molecule has 0 spiro atoms. The zero-order chi connectivity index (χ0) is 24.6. The molecule has 7 nitrogen and oxygen atoms in total. The molecule has 0 radical (unpaired) electrons. The number of likely N-dealkylation sites (N-methyl/N-ethyl adjacent to an activating group) is 1. The third-order valence-electron chi connectivity index (χ3n) is 5.07. The van der Waals surface area contributed by atoms with E-state index in [0.29, 0.717) is 23.6 Å². The number of fused-ring (bicyclic) bond motifs is 1. The number of rotatable bonds is 9. The Labute approximate surface area is 224 Å². The summed E-state index contributed by atoms with van der Waals surface area (Å²) in [7, 11) is 7.39. The van der Waals surface area contributed by atoms with E-state index in [0.717, 1.165) is 29.1 Å². The van der Waals surface area contributed by atoms with E-state index < -0.39 is 12.1 Å². The molecule has 1 aliphatic rings. The van der Waals surface area contributed by atoms with Crippen LogP contribution in [0.1, 0.15) is 46.5 Å². The van der Waals surface area contributed by atoms with Gasteiger partial charge in [-0.1, -0.05) is 20.8 Å². The van der Waals surface area contributed by atoms with Gasteiger partial charge in [-0.2, -0.15) is 13.9 Å². The van der Waals surface area contributed by atoms with E-state index in [-0.39, 0.29) is 43.3 Å². The van der Waals surface area contributed by atoms with Crippen molar-refractivity contribution in [2.45, 2.75) is 58.5 Å². The minimum absolute atomic E-state index is 0. The number of carbonyl (C=O) groups excluding carboxylic acids is 1. The first-order valence-electron chi connectivity index (χ1n) is 11.2. The number of ketones is 1. The Balaban J connectivity index is 0.000000360. The summed E-state index contributed by atoms with van der Waals surface area (Å²) in [6.45, 7) is 6.12. The van der Waals surface area contributed by atoms with Crippen molar-refractivity contribution in [3.05, 3.63) is 42.1 Å². The maximum Gasteiger partial charge on any atom is 0.343 e. The molecule has 0 aromatic carbocycles. The van der Waals surface area contributed by atoms with Gasteiger partial charge in [-0.15, -0.1) is 0 Å². The van der Waals surface area contributed by atoms with Crippen LogP contribution < -0.4 is 20.2 Å². The van der Waals surface area contributed by atoms with Gasteiger partial charge in [0.1, 0.15) is 11.9 Å². The number of hydrogen-bond acceptors (Lipinski definition) is 6. The second kappa shape index (κ2) is 13.8. The van der Waals surface area contributed by atoms with E-state index in [1.54, 1.807) is 35.3 Å². The van der Waals surface area contributed by atoms with E-state index in [9.17, 15) is 13.6 Å². The second-order valence-corrected chi connectivity index (χ2v) is 7.91. The predicted octanol–water partition coefficient (Wildman–Crippen LogP) is 3.14. The van der Waals surface area contributed by atoms with Crippen molar-refractivity contribution in [3.8, 4) is 5.75 Å². The molecule has 2 aromatic rings. The molecule has 1 aliphatic heterocycles. The van der Waals surface area contributed by atoms with Crippen molar-refractivity contribution in [1.29, 1.82) is 0 Å². The van der Waals surface area contributed by atoms with Crippen molar-refractivity contribution in [1.82, 2.24) is 19.7 Å². The molecule has 3 heterocycles. The summed E-state index contributed by atoms with van der Waals surface area (Å²) < 4.78 is 33.9. The normalized spacial score (nSPS) is 14.5. The minimum Gasteiger partial charge on any atom is -0.509 e. The molecule has 34 heavy (non-hydrogen) atoms. The van der Waals surface area contributed by atoms with Crippen molar-refractivity contribution in [2.24, 2.45) is 0 Å². The van der Waals surface area contributed by atoms with Crippen molar-refractivity contribution < 1.29 is 49.4 Å². The predicted molar refractivity (Wildman–Crippen MR) is 126 cm³/mol. The van der Waals surface area contributed by atoms with Crippen LogP contribution in [0, 0.1) is 38.2 Å². The summed E-state index contributed by atoms with van der Waals surface area (Å²) in [5, 5.41) is 4.72. The van der Waals surface area contributed by atoms with Gasteiger partial charge < -0.3 is 14.5 Å². The number of anilines is 1. The first-order chi connectivity index (χ1) is 15.7. The summed E-state index contributed by atoms with van der Waals surface area (Å²) in [4.78, 5) is 19.7. The fourth-order valence-electron chi connectivity index (χ4n) is 3.32. The Morgan fingerprint density at radius 1 is 1.29 bits per heavy atom. The van der Waals surface area contributed by atoms with Crippen molar-refractivity contribution in [3.63, 3.8) is 0 Å². The molecule has 0 bridgehead atoms. The maximum atomic E-state index is 13.8. The molecule has 0 saturated carbocycles. The number of nitrogens with zero attached hydrogens (tertiary/aromatic N) is 5. The van der Waals surface area contributed by atoms with Gasteiger partial charge in [-0.05, 0) is 38.1 Å². The molecule has 1 atom stereocenters. The number of aromatic nitrogens is 3. The average molecular weight is 701 g/mol. The Hall–Kier alpha value is -1.92. The first kappa shape index (κ1) is 30.1. The van der Waals surface area contributed by atoms with Crippen LogP contribution in [0.2, 0.25) is 0 Å². The molecule has 186 valence electrons. The third-order valence-corrected chi connectivity index (χ3v) is 5.07. The maximum absolute atomic E-state index is 13.8. The Bertz CT molecular complexity index is 1040. The van der Waals surface area contributed by atoms with Crippen LogP contribution >= 0.6 is 0 Å². The first-order valence-corrected chi connectivity index (χ1v) is 11.2. The van der Waals surface area contributed by atoms with Gasteiger partial charge in [0.2, 0.25) is 0 Å². The van der Waals surface area contributed by atoms with Gasteiger partial charge >= 0.3 is 6.05 Å². The Kier molecular flexibility index (Phi) is 12.3. The number of carbonyl (C=O) groups is 1. The number of Topliss-reactive ketones (excluding diaryl/α,β-unsaturated/α-hetero) is 1. The van der Waals surface area contributed by atoms with Gasteiger partial charge in [-0.25, -0.2) is 9.67 Å².